The average Bonchev–Trinajstić information content (AvgIpc) is 3.05. The molecule has 3 rings (SSSR count). The third-order valence-electron chi connectivity index (χ3n) is 6.70. The maximum absolute atomic E-state index is 12.2. The lowest BCUT2D eigenvalue weighted by molar-refractivity contribution is 0.0524. The first-order valence-electron chi connectivity index (χ1n) is 15.4. The van der Waals surface area contributed by atoms with Crippen molar-refractivity contribution in [1.82, 2.24) is 0 Å². The van der Waals surface area contributed by atoms with Gasteiger partial charge in [0.15, 0.2) is 0 Å². The van der Waals surface area contributed by atoms with Crippen LogP contribution in [-0.2, 0) is 9.47 Å². The predicted molar refractivity (Wildman–Crippen MR) is 170 cm³/mol. The van der Waals surface area contributed by atoms with Crippen LogP contribution < -0.4 is 14.2 Å². The fourth-order valence-electron chi connectivity index (χ4n) is 4.37. The zero-order valence-corrected chi connectivity index (χ0v) is 26.1. The van der Waals surface area contributed by atoms with Crippen molar-refractivity contribution in [2.75, 3.05) is 33.5 Å². The van der Waals surface area contributed by atoms with Gasteiger partial charge in [0.2, 0.25) is 0 Å². The van der Waals surface area contributed by atoms with Crippen molar-refractivity contribution in [2.45, 2.75) is 65.2 Å². The van der Waals surface area contributed by atoms with Crippen LogP contribution in [0.1, 0.15) is 85.9 Å². The Kier molecular flexibility index (Phi) is 15.3. The van der Waals surface area contributed by atoms with Crippen molar-refractivity contribution in [2.24, 2.45) is 10.2 Å². The zero-order chi connectivity index (χ0) is 31.4. The minimum absolute atomic E-state index is 0.253. The highest BCUT2D eigenvalue weighted by Crippen LogP contribution is 2.23. The molecule has 0 aromatic heterocycles. The van der Waals surface area contributed by atoms with Crippen LogP contribution in [0.4, 0.5) is 11.4 Å². The fraction of sp³-hybridized carbons (Fsp3) is 0.429. The van der Waals surface area contributed by atoms with Crippen LogP contribution in [0.5, 0.6) is 17.2 Å². The number of esters is 2. The molecule has 0 spiro atoms. The van der Waals surface area contributed by atoms with E-state index in [-0.39, 0.29) is 24.3 Å². The topological polar surface area (TPSA) is 105 Å². The SMILES string of the molecule is CCOC(=O)c1cc(OCCCCCCCCCCOc2ccc(N=Nc3ccc(OC)cc3)cc2)cc(C(=O)OCC)c1. The average molecular weight is 605 g/mol. The van der Waals surface area contributed by atoms with Crippen LogP contribution in [-0.4, -0.2) is 45.5 Å². The van der Waals surface area contributed by atoms with E-state index < -0.39 is 11.9 Å². The molecule has 0 radical (unpaired) electrons. The number of unbranched alkanes of at least 4 members (excludes halogenated alkanes) is 7. The number of carbonyl (C=O) groups excluding carboxylic acids is 2. The molecule has 0 aliphatic rings. The van der Waals surface area contributed by atoms with Gasteiger partial charge in [0.25, 0.3) is 0 Å². The van der Waals surface area contributed by atoms with Gasteiger partial charge < -0.3 is 23.7 Å². The van der Waals surface area contributed by atoms with E-state index in [0.717, 1.165) is 55.0 Å². The lowest BCUT2D eigenvalue weighted by Crippen LogP contribution is -2.10. The smallest absolute Gasteiger partial charge is 0.338 e. The van der Waals surface area contributed by atoms with Gasteiger partial charge in [0.05, 0.1) is 56.0 Å². The molecule has 0 heterocycles. The highest BCUT2D eigenvalue weighted by molar-refractivity contribution is 5.96. The molecule has 0 unspecified atom stereocenters. The number of nitrogens with zero attached hydrogens (tertiary/aromatic N) is 2. The van der Waals surface area contributed by atoms with Gasteiger partial charge >= 0.3 is 11.9 Å². The minimum atomic E-state index is -0.491. The molecule has 0 saturated heterocycles. The summed E-state index contributed by atoms with van der Waals surface area (Å²) in [6.45, 7) is 5.19. The molecule has 9 heteroatoms. The number of carbonyl (C=O) groups is 2. The Bertz CT molecular complexity index is 1270. The van der Waals surface area contributed by atoms with Gasteiger partial charge in [-0.2, -0.15) is 10.2 Å². The summed E-state index contributed by atoms with van der Waals surface area (Å²) in [5, 5.41) is 8.52. The van der Waals surface area contributed by atoms with Gasteiger partial charge in [-0.1, -0.05) is 38.5 Å². The molecule has 9 nitrogen and oxygen atoms in total. The Morgan fingerprint density at radius 2 is 0.955 bits per heavy atom. The summed E-state index contributed by atoms with van der Waals surface area (Å²) in [5.41, 5.74) is 2.09. The molecule has 0 aliphatic heterocycles. The number of benzene rings is 3. The Labute approximate surface area is 260 Å². The van der Waals surface area contributed by atoms with E-state index in [4.69, 9.17) is 23.7 Å². The van der Waals surface area contributed by atoms with E-state index in [0.29, 0.717) is 19.0 Å². The highest BCUT2D eigenvalue weighted by Gasteiger charge is 2.15. The summed E-state index contributed by atoms with van der Waals surface area (Å²) in [6, 6.07) is 19.8. The molecular formula is C35H44N2O7. The lowest BCUT2D eigenvalue weighted by Gasteiger charge is -2.11. The third kappa shape index (κ3) is 12.5. The molecular weight excluding hydrogens is 560 g/mol. The molecule has 0 fully saturated rings. The number of hydrogen-bond acceptors (Lipinski definition) is 9. The van der Waals surface area contributed by atoms with Gasteiger partial charge in [-0.05, 0) is 93.4 Å². The number of methoxy groups -OCH3 is 1. The Morgan fingerprint density at radius 1 is 0.545 bits per heavy atom. The molecule has 0 bridgehead atoms. The molecule has 44 heavy (non-hydrogen) atoms. The maximum Gasteiger partial charge on any atom is 0.338 e. The van der Waals surface area contributed by atoms with Gasteiger partial charge in [-0.3, -0.25) is 0 Å². The molecule has 0 N–H and O–H groups in total. The van der Waals surface area contributed by atoms with E-state index >= 15 is 0 Å². The summed E-state index contributed by atoms with van der Waals surface area (Å²) in [6.07, 6.45) is 8.80. The number of azo groups is 1. The monoisotopic (exact) mass is 604 g/mol. The quantitative estimate of drug-likeness (QED) is 0.0720. The van der Waals surface area contributed by atoms with Crippen molar-refractivity contribution in [1.29, 1.82) is 0 Å². The summed E-state index contributed by atoms with van der Waals surface area (Å²) >= 11 is 0. The van der Waals surface area contributed by atoms with Gasteiger partial charge in [0, 0.05) is 0 Å². The summed E-state index contributed by atoms with van der Waals surface area (Å²) in [4.78, 5) is 24.4. The van der Waals surface area contributed by atoms with Crippen LogP contribution in [0.15, 0.2) is 77.0 Å². The third-order valence-corrected chi connectivity index (χ3v) is 6.70. The lowest BCUT2D eigenvalue weighted by atomic mass is 10.1. The largest absolute Gasteiger partial charge is 0.497 e. The van der Waals surface area contributed by atoms with Crippen molar-refractivity contribution >= 4 is 23.3 Å². The molecule has 0 amide bonds. The molecule has 0 atom stereocenters. The second-order valence-electron chi connectivity index (χ2n) is 10.1. The van der Waals surface area contributed by atoms with Gasteiger partial charge in [0.1, 0.15) is 17.2 Å². The fourth-order valence-corrected chi connectivity index (χ4v) is 4.37. The summed E-state index contributed by atoms with van der Waals surface area (Å²) in [7, 11) is 1.63. The summed E-state index contributed by atoms with van der Waals surface area (Å²) < 4.78 is 27.0. The maximum atomic E-state index is 12.2. The van der Waals surface area contributed by atoms with Crippen LogP contribution in [0, 0.1) is 0 Å². The standard InChI is InChI=1S/C35H44N2O7/c1-4-41-34(38)27-24-28(35(39)42-5-2)26-33(25-27)44-23-13-11-9-7-6-8-10-12-22-43-32-20-16-30(17-21-32)37-36-29-14-18-31(40-3)19-15-29/h14-21,24-26H,4-13,22-23H2,1-3H3. The van der Waals surface area contributed by atoms with E-state index in [1.807, 2.05) is 48.5 Å². The zero-order valence-electron chi connectivity index (χ0n) is 26.1. The molecule has 3 aromatic rings. The first-order chi connectivity index (χ1) is 21.5. The molecule has 0 saturated carbocycles. The summed E-state index contributed by atoms with van der Waals surface area (Å²) in [5.74, 6) is 1.10. The molecule has 0 aliphatic carbocycles. The van der Waals surface area contributed by atoms with E-state index in [9.17, 15) is 9.59 Å². The van der Waals surface area contributed by atoms with Crippen LogP contribution in [0.3, 0.4) is 0 Å². The second-order valence-corrected chi connectivity index (χ2v) is 10.1. The normalized spacial score (nSPS) is 10.9. The first-order valence-corrected chi connectivity index (χ1v) is 15.4. The Morgan fingerprint density at radius 3 is 1.39 bits per heavy atom. The number of rotatable bonds is 20. The van der Waals surface area contributed by atoms with Crippen molar-refractivity contribution < 1.29 is 33.3 Å². The van der Waals surface area contributed by atoms with E-state index in [1.165, 1.54) is 25.3 Å². The Balaban J connectivity index is 1.23. The molecule has 236 valence electrons. The number of hydrogen-bond donors (Lipinski definition) is 0. The van der Waals surface area contributed by atoms with Crippen molar-refractivity contribution in [3.8, 4) is 17.2 Å². The van der Waals surface area contributed by atoms with E-state index in [2.05, 4.69) is 10.2 Å². The van der Waals surface area contributed by atoms with Gasteiger partial charge in [-0.25, -0.2) is 9.59 Å². The Hall–Kier alpha value is -4.40. The van der Waals surface area contributed by atoms with Gasteiger partial charge in [-0.15, -0.1) is 0 Å². The second kappa shape index (κ2) is 19.7. The van der Waals surface area contributed by atoms with Crippen molar-refractivity contribution in [3.05, 3.63) is 77.9 Å². The van der Waals surface area contributed by atoms with Crippen LogP contribution in [0.2, 0.25) is 0 Å². The first kappa shape index (κ1) is 34.1. The van der Waals surface area contributed by atoms with Crippen molar-refractivity contribution in [3.63, 3.8) is 0 Å². The predicted octanol–water partition coefficient (Wildman–Crippen LogP) is 9.04. The molecule has 3 aromatic carbocycles. The minimum Gasteiger partial charge on any atom is -0.497 e. The van der Waals surface area contributed by atoms with Crippen LogP contribution >= 0.6 is 0 Å². The van der Waals surface area contributed by atoms with E-state index in [1.54, 1.807) is 33.1 Å². The number of ether oxygens (including phenoxy) is 5. The highest BCUT2D eigenvalue weighted by atomic mass is 16.5. The van der Waals surface area contributed by atoms with Crippen LogP contribution in [0.25, 0.3) is 0 Å².